The summed E-state index contributed by atoms with van der Waals surface area (Å²) < 4.78 is 0. The number of carbonyl (C=O) groups is 3. The summed E-state index contributed by atoms with van der Waals surface area (Å²) in [5, 5.41) is 5.55. The van der Waals surface area contributed by atoms with Crippen molar-refractivity contribution in [2.24, 2.45) is 5.73 Å². The lowest BCUT2D eigenvalue weighted by Crippen LogP contribution is -2.50. The molecular formula is C22H22ClN5O3. The number of aromatic nitrogens is 1. The topological polar surface area (TPSA) is 120 Å². The van der Waals surface area contributed by atoms with E-state index in [-0.39, 0.29) is 23.9 Å². The van der Waals surface area contributed by atoms with Crippen molar-refractivity contribution < 1.29 is 14.4 Å². The van der Waals surface area contributed by atoms with Crippen LogP contribution in [0.1, 0.15) is 28.0 Å². The highest BCUT2D eigenvalue weighted by atomic mass is 35.5. The van der Waals surface area contributed by atoms with Gasteiger partial charge in [-0.3, -0.25) is 19.4 Å². The molecule has 0 saturated carbocycles. The zero-order valence-corrected chi connectivity index (χ0v) is 17.4. The van der Waals surface area contributed by atoms with Gasteiger partial charge in [-0.05, 0) is 35.7 Å². The van der Waals surface area contributed by atoms with Gasteiger partial charge in [0.05, 0.1) is 6.42 Å². The second-order valence-corrected chi connectivity index (χ2v) is 7.83. The van der Waals surface area contributed by atoms with Gasteiger partial charge in [0.1, 0.15) is 11.7 Å². The summed E-state index contributed by atoms with van der Waals surface area (Å²) in [7, 11) is 0. The number of fused-ring (bicyclic) bond motifs is 1. The minimum Gasteiger partial charge on any atom is -0.364 e. The molecule has 31 heavy (non-hydrogen) atoms. The number of hydrogen-bond donors (Lipinski definition) is 4. The molecule has 0 radical (unpaired) electrons. The van der Waals surface area contributed by atoms with E-state index >= 15 is 0 Å². The van der Waals surface area contributed by atoms with Crippen LogP contribution in [-0.4, -0.2) is 40.3 Å². The molecule has 0 bridgehead atoms. The van der Waals surface area contributed by atoms with E-state index in [2.05, 4.69) is 15.7 Å². The molecule has 2 heterocycles. The van der Waals surface area contributed by atoms with Crippen molar-refractivity contribution in [3.05, 3.63) is 70.4 Å². The predicted molar refractivity (Wildman–Crippen MR) is 117 cm³/mol. The average Bonchev–Trinajstić information content (AvgIpc) is 3.38. The highest BCUT2D eigenvalue weighted by Crippen LogP contribution is 2.24. The van der Waals surface area contributed by atoms with Gasteiger partial charge in [-0.1, -0.05) is 41.9 Å². The van der Waals surface area contributed by atoms with Crippen LogP contribution in [0, 0.1) is 0 Å². The molecule has 3 aromatic rings. The molecule has 1 aromatic heterocycles. The van der Waals surface area contributed by atoms with E-state index in [0.29, 0.717) is 30.1 Å². The number of para-hydroxylation sites is 1. The summed E-state index contributed by atoms with van der Waals surface area (Å²) in [5.74, 6) is -1.20. The SMILES string of the molecule is NC(=O)c1[nH]c2ccccc2c1CC(=O)N1NCCC1C(=O)NCc1cccc(Cl)c1. The molecule has 9 heteroatoms. The zero-order chi connectivity index (χ0) is 22.0. The third kappa shape index (κ3) is 4.40. The number of carbonyl (C=O) groups excluding carboxylic acids is 3. The number of aromatic amines is 1. The first kappa shape index (κ1) is 20.9. The molecule has 3 amide bonds. The minimum atomic E-state index is -0.645. The Hall–Kier alpha value is -3.36. The van der Waals surface area contributed by atoms with Crippen LogP contribution >= 0.6 is 11.6 Å². The van der Waals surface area contributed by atoms with Gasteiger partial charge < -0.3 is 16.0 Å². The van der Waals surface area contributed by atoms with Crippen molar-refractivity contribution in [1.82, 2.24) is 20.7 Å². The van der Waals surface area contributed by atoms with Crippen LogP contribution in [0.4, 0.5) is 0 Å². The van der Waals surface area contributed by atoms with Crippen molar-refractivity contribution in [2.45, 2.75) is 25.4 Å². The molecule has 2 aromatic carbocycles. The van der Waals surface area contributed by atoms with Crippen LogP contribution in [-0.2, 0) is 22.6 Å². The Morgan fingerprint density at radius 3 is 2.74 bits per heavy atom. The third-order valence-corrected chi connectivity index (χ3v) is 5.56. The number of hydrazine groups is 1. The van der Waals surface area contributed by atoms with Crippen molar-refractivity contribution in [3.63, 3.8) is 0 Å². The Balaban J connectivity index is 1.48. The fourth-order valence-electron chi connectivity index (χ4n) is 3.86. The van der Waals surface area contributed by atoms with Gasteiger partial charge >= 0.3 is 0 Å². The van der Waals surface area contributed by atoms with Crippen LogP contribution in [0.25, 0.3) is 10.9 Å². The van der Waals surface area contributed by atoms with Gasteiger partial charge in [0, 0.05) is 29.0 Å². The van der Waals surface area contributed by atoms with Crippen LogP contribution < -0.4 is 16.5 Å². The van der Waals surface area contributed by atoms with E-state index in [4.69, 9.17) is 17.3 Å². The summed E-state index contributed by atoms with van der Waals surface area (Å²) in [6.07, 6.45) is 0.428. The number of nitrogens with two attached hydrogens (primary N) is 1. The van der Waals surface area contributed by atoms with Gasteiger partial charge in [-0.15, -0.1) is 0 Å². The molecule has 1 aliphatic rings. The molecule has 1 aliphatic heterocycles. The number of amides is 3. The quantitative estimate of drug-likeness (QED) is 0.468. The van der Waals surface area contributed by atoms with Gasteiger partial charge in [0.2, 0.25) is 11.8 Å². The number of rotatable bonds is 6. The number of H-pyrrole nitrogens is 1. The molecule has 1 saturated heterocycles. The summed E-state index contributed by atoms with van der Waals surface area (Å²) in [6.45, 7) is 0.809. The molecule has 160 valence electrons. The summed E-state index contributed by atoms with van der Waals surface area (Å²) in [4.78, 5) is 40.7. The lowest BCUT2D eigenvalue weighted by atomic mass is 10.1. The third-order valence-electron chi connectivity index (χ3n) is 5.33. The first-order valence-corrected chi connectivity index (χ1v) is 10.3. The molecular weight excluding hydrogens is 418 g/mol. The number of primary amides is 1. The Bertz CT molecular complexity index is 1160. The van der Waals surface area contributed by atoms with Crippen LogP contribution in [0.5, 0.6) is 0 Å². The minimum absolute atomic E-state index is 0.0621. The van der Waals surface area contributed by atoms with Crippen LogP contribution in [0.2, 0.25) is 5.02 Å². The van der Waals surface area contributed by atoms with Gasteiger partial charge in [-0.25, -0.2) is 5.43 Å². The molecule has 8 nitrogen and oxygen atoms in total. The molecule has 1 unspecified atom stereocenters. The Labute approximate surface area is 183 Å². The maximum absolute atomic E-state index is 13.1. The van der Waals surface area contributed by atoms with E-state index in [9.17, 15) is 14.4 Å². The first-order valence-electron chi connectivity index (χ1n) is 9.91. The maximum Gasteiger partial charge on any atom is 0.265 e. The van der Waals surface area contributed by atoms with Crippen molar-refractivity contribution in [1.29, 1.82) is 0 Å². The second-order valence-electron chi connectivity index (χ2n) is 7.39. The van der Waals surface area contributed by atoms with E-state index in [1.54, 1.807) is 12.1 Å². The highest BCUT2D eigenvalue weighted by Gasteiger charge is 2.34. The number of halogens is 1. The van der Waals surface area contributed by atoms with Gasteiger partial charge in [0.15, 0.2) is 0 Å². The lowest BCUT2D eigenvalue weighted by molar-refractivity contribution is -0.140. The molecule has 1 atom stereocenters. The number of nitrogens with one attached hydrogen (secondary N) is 3. The highest BCUT2D eigenvalue weighted by molar-refractivity contribution is 6.30. The van der Waals surface area contributed by atoms with Gasteiger partial charge in [-0.2, -0.15) is 0 Å². The molecule has 0 spiro atoms. The maximum atomic E-state index is 13.1. The number of nitrogens with zero attached hydrogens (tertiary/aromatic N) is 1. The smallest absolute Gasteiger partial charge is 0.265 e. The van der Waals surface area contributed by atoms with Gasteiger partial charge in [0.25, 0.3) is 5.91 Å². The number of hydrogen-bond acceptors (Lipinski definition) is 4. The van der Waals surface area contributed by atoms with E-state index in [0.717, 1.165) is 16.5 Å². The normalized spacial score (nSPS) is 15.9. The van der Waals surface area contributed by atoms with E-state index in [1.807, 2.05) is 36.4 Å². The van der Waals surface area contributed by atoms with Crippen molar-refractivity contribution >= 4 is 40.2 Å². The monoisotopic (exact) mass is 439 g/mol. The van der Waals surface area contributed by atoms with Crippen LogP contribution in [0.15, 0.2) is 48.5 Å². The largest absolute Gasteiger partial charge is 0.364 e. The van der Waals surface area contributed by atoms with Crippen molar-refractivity contribution in [3.8, 4) is 0 Å². The van der Waals surface area contributed by atoms with Crippen LogP contribution in [0.3, 0.4) is 0 Å². The lowest BCUT2D eigenvalue weighted by Gasteiger charge is -2.23. The molecule has 4 rings (SSSR count). The fourth-order valence-corrected chi connectivity index (χ4v) is 4.07. The predicted octanol–water partition coefficient (Wildman–Crippen LogP) is 1.88. The number of benzene rings is 2. The summed E-state index contributed by atoms with van der Waals surface area (Å²) in [6, 6.07) is 13.9. The fraction of sp³-hybridized carbons (Fsp3) is 0.227. The average molecular weight is 440 g/mol. The zero-order valence-electron chi connectivity index (χ0n) is 16.7. The summed E-state index contributed by atoms with van der Waals surface area (Å²) >= 11 is 5.99. The van der Waals surface area contributed by atoms with Crippen molar-refractivity contribution in [2.75, 3.05) is 6.54 Å². The Morgan fingerprint density at radius 2 is 1.97 bits per heavy atom. The Morgan fingerprint density at radius 1 is 1.16 bits per heavy atom. The Kier molecular flexibility index (Phi) is 5.92. The second kappa shape index (κ2) is 8.79. The van der Waals surface area contributed by atoms with E-state index in [1.165, 1.54) is 5.01 Å². The molecule has 5 N–H and O–H groups in total. The first-order chi connectivity index (χ1) is 14.9. The summed E-state index contributed by atoms with van der Waals surface area (Å²) in [5.41, 5.74) is 10.8. The standard InChI is InChI=1S/C22H22ClN5O3/c23-14-5-3-4-13(10-14)12-25-22(31)18-8-9-26-28(18)19(29)11-16-15-6-1-2-7-17(15)27-20(16)21(24)30/h1-7,10,18,26-27H,8-9,11-12H2,(H2,24,30)(H,25,31). The molecule has 1 fully saturated rings. The molecule has 0 aliphatic carbocycles. The van der Waals surface area contributed by atoms with E-state index < -0.39 is 11.9 Å².